The van der Waals surface area contributed by atoms with Crippen LogP contribution < -0.4 is 9.47 Å². The van der Waals surface area contributed by atoms with Crippen molar-refractivity contribution in [3.8, 4) is 11.5 Å². The van der Waals surface area contributed by atoms with Crippen LogP contribution in [0.3, 0.4) is 0 Å². The van der Waals surface area contributed by atoms with Crippen molar-refractivity contribution in [2.75, 3.05) is 26.1 Å². The molecule has 1 aromatic carbocycles. The lowest BCUT2D eigenvalue weighted by atomic mass is 10.0. The molecule has 0 radical (unpaired) electrons. The molecule has 1 heterocycles. The Bertz CT molecular complexity index is 470. The van der Waals surface area contributed by atoms with Gasteiger partial charge in [-0.05, 0) is 24.5 Å². The molecule has 0 bridgehead atoms. The second-order valence-electron chi connectivity index (χ2n) is 5.02. The number of carbonyl (C=O) groups is 1. The van der Waals surface area contributed by atoms with Crippen molar-refractivity contribution in [3.63, 3.8) is 0 Å². The van der Waals surface area contributed by atoms with Crippen molar-refractivity contribution >= 4 is 21.8 Å². The minimum Gasteiger partial charge on any atom is -0.496 e. The molecule has 1 saturated heterocycles. The van der Waals surface area contributed by atoms with Gasteiger partial charge in [-0.1, -0.05) is 28.9 Å². The highest BCUT2D eigenvalue weighted by Gasteiger charge is 2.36. The molecule has 1 aliphatic rings. The largest absolute Gasteiger partial charge is 0.496 e. The molecule has 1 fully saturated rings. The fourth-order valence-electron chi connectivity index (χ4n) is 2.70. The van der Waals surface area contributed by atoms with Crippen molar-refractivity contribution in [2.45, 2.75) is 19.4 Å². The van der Waals surface area contributed by atoms with Gasteiger partial charge in [0.25, 0.3) is 5.91 Å². The predicted molar refractivity (Wildman–Crippen MR) is 81.9 cm³/mol. The lowest BCUT2D eigenvalue weighted by Crippen LogP contribution is -2.38. The summed E-state index contributed by atoms with van der Waals surface area (Å²) >= 11 is 3.51. The highest BCUT2D eigenvalue weighted by atomic mass is 79.9. The van der Waals surface area contributed by atoms with Crippen LogP contribution in [-0.4, -0.2) is 42.9 Å². The first kappa shape index (κ1) is 15.2. The molecule has 20 heavy (non-hydrogen) atoms. The van der Waals surface area contributed by atoms with Gasteiger partial charge < -0.3 is 14.4 Å². The van der Waals surface area contributed by atoms with E-state index in [2.05, 4.69) is 22.9 Å². The molecule has 1 amide bonds. The molecule has 2 rings (SSSR count). The van der Waals surface area contributed by atoms with Crippen LogP contribution in [0, 0.1) is 5.92 Å². The summed E-state index contributed by atoms with van der Waals surface area (Å²) in [6, 6.07) is 5.62. The minimum atomic E-state index is -0.0203. The number of rotatable bonds is 4. The van der Waals surface area contributed by atoms with Crippen LogP contribution >= 0.6 is 15.9 Å². The van der Waals surface area contributed by atoms with Gasteiger partial charge in [0.2, 0.25) is 0 Å². The van der Waals surface area contributed by atoms with Gasteiger partial charge in [-0.25, -0.2) is 0 Å². The molecule has 0 spiro atoms. The minimum absolute atomic E-state index is 0.0203. The first-order valence-electron chi connectivity index (χ1n) is 6.72. The SMILES string of the molecule is COc1cccc(OC)c1C(=O)N1CCC(C)C1CBr. The molecule has 2 atom stereocenters. The smallest absolute Gasteiger partial charge is 0.261 e. The second-order valence-corrected chi connectivity index (χ2v) is 5.67. The summed E-state index contributed by atoms with van der Waals surface area (Å²) in [4.78, 5) is 14.8. The number of ether oxygens (including phenoxy) is 2. The van der Waals surface area contributed by atoms with Crippen molar-refractivity contribution in [2.24, 2.45) is 5.92 Å². The third-order valence-electron chi connectivity index (χ3n) is 3.94. The first-order chi connectivity index (χ1) is 9.63. The van der Waals surface area contributed by atoms with E-state index < -0.39 is 0 Å². The summed E-state index contributed by atoms with van der Waals surface area (Å²) in [6.45, 7) is 2.95. The highest BCUT2D eigenvalue weighted by Crippen LogP contribution is 2.33. The van der Waals surface area contributed by atoms with Gasteiger partial charge in [0.15, 0.2) is 0 Å². The summed E-state index contributed by atoms with van der Waals surface area (Å²) in [5.41, 5.74) is 0.512. The van der Waals surface area contributed by atoms with E-state index in [1.165, 1.54) is 0 Å². The first-order valence-corrected chi connectivity index (χ1v) is 7.84. The van der Waals surface area contributed by atoms with E-state index in [0.717, 1.165) is 18.3 Å². The Labute approximate surface area is 128 Å². The Hall–Kier alpha value is -1.23. The zero-order valence-corrected chi connectivity index (χ0v) is 13.6. The van der Waals surface area contributed by atoms with Crippen LogP contribution in [0.25, 0.3) is 0 Å². The lowest BCUT2D eigenvalue weighted by Gasteiger charge is -2.26. The maximum Gasteiger partial charge on any atom is 0.261 e. The van der Waals surface area contributed by atoms with E-state index in [1.54, 1.807) is 26.4 Å². The predicted octanol–water partition coefficient (Wildman–Crippen LogP) is 2.95. The summed E-state index contributed by atoms with van der Waals surface area (Å²) in [5.74, 6) is 1.59. The third-order valence-corrected chi connectivity index (χ3v) is 4.61. The van der Waals surface area contributed by atoms with E-state index in [4.69, 9.17) is 9.47 Å². The average Bonchev–Trinajstić information content (AvgIpc) is 2.86. The Balaban J connectivity index is 2.38. The van der Waals surface area contributed by atoms with Crippen molar-refractivity contribution in [1.29, 1.82) is 0 Å². The van der Waals surface area contributed by atoms with Gasteiger partial charge >= 0.3 is 0 Å². The van der Waals surface area contributed by atoms with E-state index in [-0.39, 0.29) is 11.9 Å². The third kappa shape index (κ3) is 2.64. The van der Waals surface area contributed by atoms with Gasteiger partial charge in [-0.3, -0.25) is 4.79 Å². The lowest BCUT2D eigenvalue weighted by molar-refractivity contribution is 0.0731. The van der Waals surface area contributed by atoms with Gasteiger partial charge in [-0.15, -0.1) is 0 Å². The summed E-state index contributed by atoms with van der Waals surface area (Å²) in [7, 11) is 3.14. The molecule has 0 aromatic heterocycles. The van der Waals surface area contributed by atoms with Crippen molar-refractivity contribution in [1.82, 2.24) is 4.90 Å². The van der Waals surface area contributed by atoms with Crippen LogP contribution in [0.15, 0.2) is 18.2 Å². The van der Waals surface area contributed by atoms with Gasteiger partial charge in [0, 0.05) is 17.9 Å². The summed E-state index contributed by atoms with van der Waals surface area (Å²) < 4.78 is 10.7. The number of benzene rings is 1. The summed E-state index contributed by atoms with van der Waals surface area (Å²) in [5, 5.41) is 0.789. The molecule has 0 N–H and O–H groups in total. The molecule has 1 aromatic rings. The van der Waals surface area contributed by atoms with E-state index >= 15 is 0 Å². The van der Waals surface area contributed by atoms with E-state index in [1.807, 2.05) is 11.0 Å². The maximum atomic E-state index is 12.9. The standard InChI is InChI=1S/C15H20BrNO3/c1-10-7-8-17(11(10)9-16)15(18)14-12(19-2)5-4-6-13(14)20-3/h4-6,10-11H,7-9H2,1-3H3. The van der Waals surface area contributed by atoms with Crippen LogP contribution in [0.2, 0.25) is 0 Å². The number of hydrogen-bond donors (Lipinski definition) is 0. The number of methoxy groups -OCH3 is 2. The Morgan fingerprint density at radius 3 is 2.45 bits per heavy atom. The second kappa shape index (κ2) is 6.48. The molecule has 0 aliphatic carbocycles. The number of alkyl halides is 1. The van der Waals surface area contributed by atoms with Gasteiger partial charge in [0.05, 0.1) is 14.2 Å². The normalized spacial score (nSPS) is 21.9. The van der Waals surface area contributed by atoms with Crippen molar-refractivity contribution in [3.05, 3.63) is 23.8 Å². The number of nitrogens with zero attached hydrogens (tertiary/aromatic N) is 1. The fourth-order valence-corrected chi connectivity index (χ4v) is 3.69. The zero-order valence-electron chi connectivity index (χ0n) is 12.1. The Kier molecular flexibility index (Phi) is 4.91. The molecule has 5 heteroatoms. The van der Waals surface area contributed by atoms with Crippen LogP contribution in [0.5, 0.6) is 11.5 Å². The topological polar surface area (TPSA) is 38.8 Å². The molecular formula is C15H20BrNO3. The number of likely N-dealkylation sites (tertiary alicyclic amines) is 1. The van der Waals surface area contributed by atoms with E-state index in [0.29, 0.717) is 23.0 Å². The quantitative estimate of drug-likeness (QED) is 0.790. The number of halogens is 1. The number of carbonyl (C=O) groups excluding carboxylic acids is 1. The molecule has 1 aliphatic heterocycles. The molecule has 4 nitrogen and oxygen atoms in total. The Morgan fingerprint density at radius 2 is 1.95 bits per heavy atom. The molecular weight excluding hydrogens is 322 g/mol. The van der Waals surface area contributed by atoms with Gasteiger partial charge in [0.1, 0.15) is 17.1 Å². The number of amides is 1. The molecule has 2 unspecified atom stereocenters. The van der Waals surface area contributed by atoms with Crippen LogP contribution in [0.4, 0.5) is 0 Å². The summed E-state index contributed by atoms with van der Waals surface area (Å²) in [6.07, 6.45) is 1.03. The van der Waals surface area contributed by atoms with E-state index in [9.17, 15) is 4.79 Å². The monoisotopic (exact) mass is 341 g/mol. The number of hydrogen-bond acceptors (Lipinski definition) is 3. The molecule has 0 saturated carbocycles. The highest BCUT2D eigenvalue weighted by molar-refractivity contribution is 9.09. The van der Waals surface area contributed by atoms with Crippen LogP contribution in [-0.2, 0) is 0 Å². The van der Waals surface area contributed by atoms with Crippen molar-refractivity contribution < 1.29 is 14.3 Å². The zero-order chi connectivity index (χ0) is 14.7. The average molecular weight is 342 g/mol. The van der Waals surface area contributed by atoms with Crippen LogP contribution in [0.1, 0.15) is 23.7 Å². The Morgan fingerprint density at radius 1 is 1.35 bits per heavy atom. The maximum absolute atomic E-state index is 12.9. The molecule has 110 valence electrons. The fraction of sp³-hybridized carbons (Fsp3) is 0.533. The van der Waals surface area contributed by atoms with Gasteiger partial charge in [-0.2, -0.15) is 0 Å².